The lowest BCUT2D eigenvalue weighted by Gasteiger charge is -2.08. The molecule has 4 aromatic heterocycles. The van der Waals surface area contributed by atoms with Crippen LogP contribution in [0.15, 0.2) is 66.1 Å². The van der Waals surface area contributed by atoms with Crippen LogP contribution < -0.4 is 5.43 Å². The Morgan fingerprint density at radius 1 is 0.964 bits per heavy atom. The number of sulfonamides is 1. The van der Waals surface area contributed by atoms with Crippen LogP contribution >= 0.6 is 0 Å². The maximum absolute atomic E-state index is 12.4. The number of aromatic nitrogens is 4. The smallest absolute Gasteiger partial charge is 0.263 e. The molecule has 4 aromatic rings. The first kappa shape index (κ1) is 16.7. The second-order valence-corrected chi connectivity index (χ2v) is 8.25. The monoisotopic (exact) mass is 390 g/mol. The minimum Gasteiger partial charge on any atom is -0.288 e. The summed E-state index contributed by atoms with van der Waals surface area (Å²) in [6.45, 7) is 0. The van der Waals surface area contributed by atoms with Gasteiger partial charge in [0.05, 0.1) is 16.7 Å². The van der Waals surface area contributed by atoms with Gasteiger partial charge in [-0.2, -0.15) is 0 Å². The van der Waals surface area contributed by atoms with E-state index in [9.17, 15) is 8.42 Å². The van der Waals surface area contributed by atoms with E-state index in [0.29, 0.717) is 17.1 Å². The zero-order valence-electron chi connectivity index (χ0n) is 14.7. The Bertz CT molecular complexity index is 1330. The van der Waals surface area contributed by atoms with Gasteiger partial charge in [0.25, 0.3) is 10.0 Å². The van der Waals surface area contributed by atoms with Gasteiger partial charge in [0, 0.05) is 43.0 Å². The van der Waals surface area contributed by atoms with Crippen molar-refractivity contribution in [2.75, 3.05) is 12.5 Å². The van der Waals surface area contributed by atoms with E-state index < -0.39 is 10.0 Å². The van der Waals surface area contributed by atoms with E-state index in [-0.39, 0.29) is 4.90 Å². The first-order chi connectivity index (χ1) is 13.5. The van der Waals surface area contributed by atoms with Crippen LogP contribution in [0, 0.1) is 0 Å². The molecule has 0 atom stereocenters. The second kappa shape index (κ2) is 6.04. The number of nitrogens with one attached hydrogen (secondary N) is 1. The highest BCUT2D eigenvalue weighted by atomic mass is 32.2. The Hall–Kier alpha value is -3.43. The molecule has 0 aromatic carbocycles. The minimum atomic E-state index is -3.60. The molecule has 8 nitrogen and oxygen atoms in total. The fourth-order valence-corrected chi connectivity index (χ4v) is 4.29. The van der Waals surface area contributed by atoms with Crippen molar-refractivity contribution in [3.05, 3.63) is 61.2 Å². The SMILES string of the molecule is CN1Nc2ncc(-c3ccc4nccc(-c5ccncc5)c4n3)cc2S1(=O)=O. The predicted molar refractivity (Wildman–Crippen MR) is 105 cm³/mol. The van der Waals surface area contributed by atoms with E-state index >= 15 is 0 Å². The summed E-state index contributed by atoms with van der Waals surface area (Å²) in [4.78, 5) is 17.6. The Morgan fingerprint density at radius 2 is 1.79 bits per heavy atom. The molecule has 138 valence electrons. The summed E-state index contributed by atoms with van der Waals surface area (Å²) < 4.78 is 25.9. The van der Waals surface area contributed by atoms with E-state index in [4.69, 9.17) is 4.98 Å². The zero-order valence-corrected chi connectivity index (χ0v) is 15.6. The Labute approximate surface area is 161 Å². The third kappa shape index (κ3) is 2.52. The van der Waals surface area contributed by atoms with Gasteiger partial charge in [-0.15, -0.1) is 4.41 Å². The number of pyridine rings is 4. The molecular formula is C19H14N6O2S. The number of nitrogens with zero attached hydrogens (tertiary/aromatic N) is 5. The highest BCUT2D eigenvalue weighted by Crippen LogP contribution is 2.33. The van der Waals surface area contributed by atoms with Gasteiger partial charge in [-0.1, -0.05) is 0 Å². The molecule has 1 aliphatic heterocycles. The zero-order chi connectivity index (χ0) is 19.3. The maximum Gasteiger partial charge on any atom is 0.263 e. The summed E-state index contributed by atoms with van der Waals surface area (Å²) in [7, 11) is -2.15. The van der Waals surface area contributed by atoms with Crippen molar-refractivity contribution in [3.63, 3.8) is 0 Å². The summed E-state index contributed by atoms with van der Waals surface area (Å²) in [5.41, 5.74) is 7.35. The van der Waals surface area contributed by atoms with Crippen molar-refractivity contribution in [2.45, 2.75) is 4.90 Å². The van der Waals surface area contributed by atoms with Crippen LogP contribution in [-0.2, 0) is 10.0 Å². The highest BCUT2D eigenvalue weighted by Gasteiger charge is 2.33. The van der Waals surface area contributed by atoms with Crippen LogP contribution in [0.1, 0.15) is 0 Å². The molecule has 0 radical (unpaired) electrons. The summed E-state index contributed by atoms with van der Waals surface area (Å²) in [6, 6.07) is 11.0. The summed E-state index contributed by atoms with van der Waals surface area (Å²) in [5.74, 6) is 0.311. The van der Waals surface area contributed by atoms with Gasteiger partial charge >= 0.3 is 0 Å². The molecule has 9 heteroatoms. The lowest BCUT2D eigenvalue weighted by molar-refractivity contribution is 0.530. The van der Waals surface area contributed by atoms with Crippen molar-refractivity contribution in [1.82, 2.24) is 24.4 Å². The normalized spacial score (nSPS) is 15.3. The van der Waals surface area contributed by atoms with Crippen LogP contribution in [0.3, 0.4) is 0 Å². The Morgan fingerprint density at radius 3 is 2.61 bits per heavy atom. The van der Waals surface area contributed by atoms with Gasteiger partial charge < -0.3 is 0 Å². The number of hydrazine groups is 1. The van der Waals surface area contributed by atoms with Crippen LogP contribution in [0.2, 0.25) is 0 Å². The molecular weight excluding hydrogens is 376 g/mol. The molecule has 0 spiro atoms. The number of hydrogen-bond donors (Lipinski definition) is 1. The van der Waals surface area contributed by atoms with E-state index in [1.165, 1.54) is 7.05 Å². The third-order valence-electron chi connectivity index (χ3n) is 4.63. The Balaban J connectivity index is 1.69. The van der Waals surface area contributed by atoms with Gasteiger partial charge in [0.15, 0.2) is 5.82 Å². The molecule has 0 unspecified atom stereocenters. The van der Waals surface area contributed by atoms with Gasteiger partial charge in [0.2, 0.25) is 0 Å². The maximum atomic E-state index is 12.4. The average Bonchev–Trinajstić information content (AvgIpc) is 2.96. The quantitative estimate of drug-likeness (QED) is 0.561. The first-order valence-corrected chi connectivity index (χ1v) is 9.90. The summed E-state index contributed by atoms with van der Waals surface area (Å²) >= 11 is 0. The molecule has 5 rings (SSSR count). The van der Waals surface area contributed by atoms with Gasteiger partial charge in [0.1, 0.15) is 4.90 Å². The lowest BCUT2D eigenvalue weighted by Crippen LogP contribution is -2.24. The molecule has 0 aliphatic carbocycles. The minimum absolute atomic E-state index is 0.134. The molecule has 0 saturated carbocycles. The van der Waals surface area contributed by atoms with Crippen LogP contribution in [0.5, 0.6) is 0 Å². The van der Waals surface area contributed by atoms with Crippen molar-refractivity contribution in [3.8, 4) is 22.4 Å². The first-order valence-electron chi connectivity index (χ1n) is 8.46. The van der Waals surface area contributed by atoms with E-state index in [1.54, 1.807) is 30.9 Å². The number of fused-ring (bicyclic) bond motifs is 2. The average molecular weight is 390 g/mol. The van der Waals surface area contributed by atoms with Crippen LogP contribution in [-0.4, -0.2) is 39.8 Å². The Kier molecular flexibility index (Phi) is 3.61. The molecule has 0 saturated heterocycles. The van der Waals surface area contributed by atoms with E-state index in [0.717, 1.165) is 26.6 Å². The highest BCUT2D eigenvalue weighted by molar-refractivity contribution is 7.89. The van der Waals surface area contributed by atoms with Crippen LogP contribution in [0.4, 0.5) is 5.82 Å². The molecule has 1 aliphatic rings. The summed E-state index contributed by atoms with van der Waals surface area (Å²) in [6.07, 6.45) is 6.80. The molecule has 0 fully saturated rings. The predicted octanol–water partition coefficient (Wildman–Crippen LogP) is 2.71. The molecule has 1 N–H and O–H groups in total. The van der Waals surface area contributed by atoms with Gasteiger partial charge in [-0.25, -0.2) is 18.4 Å². The molecule has 0 bridgehead atoms. The third-order valence-corrected chi connectivity index (χ3v) is 6.30. The number of hydrogen-bond acceptors (Lipinski definition) is 7. The molecule has 5 heterocycles. The topological polar surface area (TPSA) is 101 Å². The van der Waals surface area contributed by atoms with Crippen LogP contribution in [0.25, 0.3) is 33.4 Å². The van der Waals surface area contributed by atoms with Crippen molar-refractivity contribution in [2.24, 2.45) is 0 Å². The fraction of sp³-hybridized carbons (Fsp3) is 0.0526. The van der Waals surface area contributed by atoms with Gasteiger partial charge in [-0.05, 0) is 42.0 Å². The van der Waals surface area contributed by atoms with Crippen molar-refractivity contribution >= 4 is 26.9 Å². The molecule has 0 amide bonds. The van der Waals surface area contributed by atoms with E-state index in [1.807, 2.05) is 30.3 Å². The second-order valence-electron chi connectivity index (χ2n) is 6.31. The summed E-state index contributed by atoms with van der Waals surface area (Å²) in [5, 5.41) is 0. The molecule has 28 heavy (non-hydrogen) atoms. The number of rotatable bonds is 2. The lowest BCUT2D eigenvalue weighted by atomic mass is 10.1. The van der Waals surface area contributed by atoms with Crippen molar-refractivity contribution < 1.29 is 8.42 Å². The standard InChI is InChI=1S/C19H14N6O2S/c1-25-24-19-17(28(25,26)27)10-13(11-22-19)15-2-3-16-18(23-15)14(6-9-21-16)12-4-7-20-8-5-12/h2-11H,1H3,(H,22,24). The fourth-order valence-electron chi connectivity index (χ4n) is 3.17. The number of anilines is 1. The largest absolute Gasteiger partial charge is 0.288 e. The van der Waals surface area contributed by atoms with E-state index in [2.05, 4.69) is 20.4 Å². The van der Waals surface area contributed by atoms with Gasteiger partial charge in [-0.3, -0.25) is 15.4 Å². The van der Waals surface area contributed by atoms with Crippen molar-refractivity contribution in [1.29, 1.82) is 0 Å².